The van der Waals surface area contributed by atoms with E-state index >= 15 is 0 Å². The summed E-state index contributed by atoms with van der Waals surface area (Å²) < 4.78 is 26.5. The monoisotopic (exact) mass is 283 g/mol. The van der Waals surface area contributed by atoms with Crippen LogP contribution in [-0.4, -0.2) is 48.6 Å². The maximum Gasteiger partial charge on any atom is 0.159 e. The molecule has 0 radical (unpaired) electrons. The van der Waals surface area contributed by atoms with E-state index in [4.69, 9.17) is 5.73 Å². The summed E-state index contributed by atoms with van der Waals surface area (Å²) in [5, 5.41) is 0. The second-order valence-corrected chi connectivity index (χ2v) is 5.74. The van der Waals surface area contributed by atoms with E-state index in [-0.39, 0.29) is 6.04 Å². The van der Waals surface area contributed by atoms with Crippen LogP contribution in [0.2, 0.25) is 0 Å². The highest BCUT2D eigenvalue weighted by Crippen LogP contribution is 2.26. The lowest BCUT2D eigenvalue weighted by Gasteiger charge is -2.45. The lowest BCUT2D eigenvalue weighted by molar-refractivity contribution is 0.0351. The van der Waals surface area contributed by atoms with Crippen LogP contribution in [0.25, 0.3) is 0 Å². The third kappa shape index (κ3) is 3.00. The van der Waals surface area contributed by atoms with E-state index in [2.05, 4.69) is 30.7 Å². The summed E-state index contributed by atoms with van der Waals surface area (Å²) in [5.74, 6) is -1.62. The molecule has 112 valence electrons. The van der Waals surface area contributed by atoms with Gasteiger partial charge in [0.2, 0.25) is 0 Å². The molecule has 1 saturated heterocycles. The van der Waals surface area contributed by atoms with Crippen molar-refractivity contribution in [3.05, 3.63) is 35.4 Å². The Hall–Kier alpha value is -1.04. The molecule has 3 unspecified atom stereocenters. The van der Waals surface area contributed by atoms with Crippen molar-refractivity contribution in [3.63, 3.8) is 0 Å². The van der Waals surface area contributed by atoms with Crippen molar-refractivity contribution in [3.8, 4) is 0 Å². The van der Waals surface area contributed by atoms with Crippen LogP contribution in [0, 0.1) is 11.6 Å². The molecule has 0 spiro atoms. The third-order valence-corrected chi connectivity index (χ3v) is 4.38. The molecule has 0 aliphatic carbocycles. The number of nitrogens with two attached hydrogens (primary N) is 1. The number of nitrogens with zero attached hydrogens (tertiary/aromatic N) is 2. The maximum atomic E-state index is 13.4. The first-order chi connectivity index (χ1) is 9.43. The lowest BCUT2D eigenvalue weighted by Crippen LogP contribution is -2.56. The first-order valence-electron chi connectivity index (χ1n) is 7.05. The Morgan fingerprint density at radius 3 is 2.30 bits per heavy atom. The molecule has 1 aliphatic rings. The van der Waals surface area contributed by atoms with Gasteiger partial charge in [-0.15, -0.1) is 0 Å². The molecule has 3 atom stereocenters. The number of hydrogen-bond acceptors (Lipinski definition) is 3. The molecule has 1 aromatic carbocycles. The number of halogens is 2. The normalized spacial score (nSPS) is 26.7. The third-order valence-electron chi connectivity index (χ3n) is 4.38. The van der Waals surface area contributed by atoms with Crippen molar-refractivity contribution in [2.45, 2.75) is 32.0 Å². The van der Waals surface area contributed by atoms with Crippen molar-refractivity contribution >= 4 is 0 Å². The number of hydrogen-bond donors (Lipinski definition) is 1. The van der Waals surface area contributed by atoms with E-state index in [0.29, 0.717) is 18.6 Å². The van der Waals surface area contributed by atoms with Crippen LogP contribution in [0.1, 0.15) is 25.5 Å². The predicted molar refractivity (Wildman–Crippen MR) is 76.4 cm³/mol. The highest BCUT2D eigenvalue weighted by atomic mass is 19.2. The van der Waals surface area contributed by atoms with Crippen molar-refractivity contribution in [1.29, 1.82) is 0 Å². The van der Waals surface area contributed by atoms with Crippen molar-refractivity contribution in [1.82, 2.24) is 9.80 Å². The second kappa shape index (κ2) is 6.16. The Labute approximate surface area is 119 Å². The highest BCUT2D eigenvalue weighted by molar-refractivity contribution is 5.22. The molecule has 1 aromatic rings. The fourth-order valence-corrected chi connectivity index (χ4v) is 2.92. The number of piperazine rings is 1. The standard InChI is InChI=1S/C15H23F2N3/c1-10-8-20(9-11(2)19(10)3)15(7-18)12-4-5-13(16)14(17)6-12/h4-6,10-11,15H,7-9,18H2,1-3H3. The Morgan fingerprint density at radius 1 is 1.20 bits per heavy atom. The van der Waals surface area contributed by atoms with Crippen LogP contribution in [-0.2, 0) is 0 Å². The zero-order chi connectivity index (χ0) is 14.9. The summed E-state index contributed by atoms with van der Waals surface area (Å²) in [6.07, 6.45) is 0. The van der Waals surface area contributed by atoms with Crippen LogP contribution >= 0.6 is 0 Å². The zero-order valence-corrected chi connectivity index (χ0v) is 12.3. The van der Waals surface area contributed by atoms with Gasteiger partial charge in [-0.05, 0) is 38.6 Å². The number of benzene rings is 1. The van der Waals surface area contributed by atoms with Crippen molar-refractivity contribution in [2.24, 2.45) is 5.73 Å². The quantitative estimate of drug-likeness (QED) is 0.921. The van der Waals surface area contributed by atoms with Crippen LogP contribution in [0.3, 0.4) is 0 Å². The van der Waals surface area contributed by atoms with E-state index in [1.54, 1.807) is 6.07 Å². The topological polar surface area (TPSA) is 32.5 Å². The number of rotatable bonds is 3. The second-order valence-electron chi connectivity index (χ2n) is 5.74. The molecule has 5 heteroatoms. The summed E-state index contributed by atoms with van der Waals surface area (Å²) >= 11 is 0. The van der Waals surface area contributed by atoms with Gasteiger partial charge < -0.3 is 5.73 Å². The Balaban J connectivity index is 2.21. The van der Waals surface area contributed by atoms with Crippen molar-refractivity contribution in [2.75, 3.05) is 26.7 Å². The molecule has 1 heterocycles. The minimum Gasteiger partial charge on any atom is -0.329 e. The lowest BCUT2D eigenvalue weighted by atomic mass is 10.0. The minimum absolute atomic E-state index is 0.0660. The molecule has 1 aliphatic heterocycles. The van der Waals surface area contributed by atoms with E-state index in [1.807, 2.05) is 0 Å². The first kappa shape index (κ1) is 15.4. The van der Waals surface area contributed by atoms with Gasteiger partial charge in [0.05, 0.1) is 0 Å². The smallest absolute Gasteiger partial charge is 0.159 e. The van der Waals surface area contributed by atoms with Gasteiger partial charge in [-0.2, -0.15) is 0 Å². The largest absolute Gasteiger partial charge is 0.329 e. The van der Waals surface area contributed by atoms with Gasteiger partial charge in [0.15, 0.2) is 11.6 Å². The molecule has 2 N–H and O–H groups in total. The first-order valence-corrected chi connectivity index (χ1v) is 7.05. The van der Waals surface area contributed by atoms with Crippen LogP contribution in [0.4, 0.5) is 8.78 Å². The average Bonchev–Trinajstić information content (AvgIpc) is 2.41. The SMILES string of the molecule is CC1CN(C(CN)c2ccc(F)c(F)c2)CC(C)N1C. The number of likely N-dealkylation sites (N-methyl/N-ethyl adjacent to an activating group) is 1. The molecule has 1 fully saturated rings. The van der Waals surface area contributed by atoms with Crippen molar-refractivity contribution < 1.29 is 8.78 Å². The fraction of sp³-hybridized carbons (Fsp3) is 0.600. The summed E-state index contributed by atoms with van der Waals surface area (Å²) in [6, 6.07) is 4.83. The molecule has 3 nitrogen and oxygen atoms in total. The Morgan fingerprint density at radius 2 is 1.80 bits per heavy atom. The molecule has 2 rings (SSSR count). The van der Waals surface area contributed by atoms with E-state index in [9.17, 15) is 8.78 Å². The van der Waals surface area contributed by atoms with Crippen LogP contribution in [0.5, 0.6) is 0 Å². The maximum absolute atomic E-state index is 13.4. The van der Waals surface area contributed by atoms with Gasteiger partial charge in [-0.25, -0.2) is 8.78 Å². The van der Waals surface area contributed by atoms with Gasteiger partial charge >= 0.3 is 0 Å². The zero-order valence-electron chi connectivity index (χ0n) is 12.3. The van der Waals surface area contributed by atoms with Gasteiger partial charge in [-0.3, -0.25) is 9.80 Å². The molecule has 20 heavy (non-hydrogen) atoms. The van der Waals surface area contributed by atoms with Gasteiger partial charge in [-0.1, -0.05) is 6.07 Å². The molecule has 0 saturated carbocycles. The van der Waals surface area contributed by atoms with Crippen LogP contribution < -0.4 is 5.73 Å². The molecular weight excluding hydrogens is 260 g/mol. The summed E-state index contributed by atoms with van der Waals surface area (Å²) in [7, 11) is 2.11. The summed E-state index contributed by atoms with van der Waals surface area (Å²) in [4.78, 5) is 4.59. The highest BCUT2D eigenvalue weighted by Gasteiger charge is 2.31. The van der Waals surface area contributed by atoms with E-state index in [1.165, 1.54) is 12.1 Å². The van der Waals surface area contributed by atoms with Gasteiger partial charge in [0.1, 0.15) is 0 Å². The molecular formula is C15H23F2N3. The molecule has 0 amide bonds. The van der Waals surface area contributed by atoms with E-state index in [0.717, 1.165) is 18.7 Å². The Bertz CT molecular complexity index is 454. The van der Waals surface area contributed by atoms with E-state index < -0.39 is 11.6 Å². The fourth-order valence-electron chi connectivity index (χ4n) is 2.92. The van der Waals surface area contributed by atoms with Gasteiger partial charge in [0, 0.05) is 37.8 Å². The molecule has 0 aromatic heterocycles. The minimum atomic E-state index is -0.815. The van der Waals surface area contributed by atoms with Gasteiger partial charge in [0.25, 0.3) is 0 Å². The Kier molecular flexibility index (Phi) is 4.73. The van der Waals surface area contributed by atoms with Crippen LogP contribution in [0.15, 0.2) is 18.2 Å². The predicted octanol–water partition coefficient (Wildman–Crippen LogP) is 1.99. The molecule has 0 bridgehead atoms. The summed E-state index contributed by atoms with van der Waals surface area (Å²) in [6.45, 7) is 6.49. The average molecular weight is 283 g/mol. The summed E-state index contributed by atoms with van der Waals surface area (Å²) in [5.41, 5.74) is 6.62.